The first-order chi connectivity index (χ1) is 13.8. The first-order valence-electron chi connectivity index (χ1n) is 9.90. The van der Waals surface area contributed by atoms with Gasteiger partial charge in [0.05, 0.1) is 11.7 Å². The number of ether oxygens (including phenoxy) is 2. The number of nitrogens with zero attached hydrogens (tertiary/aromatic N) is 1. The van der Waals surface area contributed by atoms with Crippen LogP contribution in [0.3, 0.4) is 0 Å². The van der Waals surface area contributed by atoms with E-state index in [1.165, 1.54) is 0 Å². The SMILES string of the molecule is Cc1cc(C)c(C2=C(OC(=O)OC(C)C)CC(Cc3ccccn3)C2=O)c(C)c1. The molecule has 0 spiro atoms. The minimum atomic E-state index is -0.777. The van der Waals surface area contributed by atoms with E-state index in [2.05, 4.69) is 4.98 Å². The summed E-state index contributed by atoms with van der Waals surface area (Å²) in [5.41, 5.74) is 5.28. The van der Waals surface area contributed by atoms with Crippen molar-refractivity contribution in [2.75, 3.05) is 0 Å². The molecule has 1 unspecified atom stereocenters. The van der Waals surface area contributed by atoms with Crippen LogP contribution in [0, 0.1) is 26.7 Å². The van der Waals surface area contributed by atoms with Gasteiger partial charge in [0.15, 0.2) is 5.78 Å². The van der Waals surface area contributed by atoms with Crippen LogP contribution in [0.15, 0.2) is 42.3 Å². The Morgan fingerprint density at radius 2 is 1.86 bits per heavy atom. The Bertz CT molecular complexity index is 937. The molecular weight excluding hydrogens is 366 g/mol. The Labute approximate surface area is 171 Å². The number of hydrogen-bond acceptors (Lipinski definition) is 5. The van der Waals surface area contributed by atoms with Crippen molar-refractivity contribution < 1.29 is 19.1 Å². The van der Waals surface area contributed by atoms with Gasteiger partial charge in [-0.1, -0.05) is 23.8 Å². The van der Waals surface area contributed by atoms with E-state index in [4.69, 9.17) is 9.47 Å². The lowest BCUT2D eigenvalue weighted by atomic mass is 9.90. The number of hydrogen-bond donors (Lipinski definition) is 0. The number of aryl methyl sites for hydroxylation is 3. The molecule has 5 nitrogen and oxygen atoms in total. The third-order valence-electron chi connectivity index (χ3n) is 4.97. The van der Waals surface area contributed by atoms with E-state index in [0.29, 0.717) is 24.2 Å². The average Bonchev–Trinajstić information content (AvgIpc) is 2.90. The van der Waals surface area contributed by atoms with E-state index in [-0.39, 0.29) is 17.8 Å². The molecule has 0 amide bonds. The number of aromatic nitrogens is 1. The van der Waals surface area contributed by atoms with E-state index < -0.39 is 6.16 Å². The topological polar surface area (TPSA) is 65.5 Å². The predicted molar refractivity (Wildman–Crippen MR) is 111 cm³/mol. The maximum atomic E-state index is 13.4. The standard InChI is InChI=1S/C24H27NO4/c1-14(2)28-24(27)29-20-13-18(12-19-8-6-7-9-25-19)23(26)22(20)21-16(4)10-15(3)11-17(21)5/h6-11,14,18H,12-13H2,1-5H3. The third kappa shape index (κ3) is 4.73. The molecule has 152 valence electrons. The van der Waals surface area contributed by atoms with Crippen molar-refractivity contribution in [2.45, 2.75) is 53.6 Å². The first kappa shape index (κ1) is 20.8. The number of Topliss-reactive ketones (excluding diaryl/α,β-unsaturated/α-hetero) is 1. The number of carbonyl (C=O) groups is 2. The van der Waals surface area contributed by atoms with Crippen LogP contribution < -0.4 is 0 Å². The van der Waals surface area contributed by atoms with Crippen molar-refractivity contribution in [3.63, 3.8) is 0 Å². The smallest absolute Gasteiger partial charge is 0.431 e. The maximum Gasteiger partial charge on any atom is 0.513 e. The van der Waals surface area contributed by atoms with E-state index in [9.17, 15) is 9.59 Å². The summed E-state index contributed by atoms with van der Waals surface area (Å²) in [4.78, 5) is 29.9. The summed E-state index contributed by atoms with van der Waals surface area (Å²) in [6.07, 6.45) is 1.50. The zero-order chi connectivity index (χ0) is 21.1. The molecule has 0 radical (unpaired) electrons. The zero-order valence-corrected chi connectivity index (χ0v) is 17.6. The molecule has 2 aromatic rings. The molecule has 0 saturated heterocycles. The number of allylic oxidation sites excluding steroid dienone is 2. The fraction of sp³-hybridized carbons (Fsp3) is 0.375. The Morgan fingerprint density at radius 3 is 2.45 bits per heavy atom. The van der Waals surface area contributed by atoms with Gasteiger partial charge in [-0.3, -0.25) is 9.78 Å². The van der Waals surface area contributed by atoms with Crippen LogP contribution in [0.25, 0.3) is 5.57 Å². The molecule has 29 heavy (non-hydrogen) atoms. The second-order valence-corrected chi connectivity index (χ2v) is 7.88. The van der Waals surface area contributed by atoms with Gasteiger partial charge >= 0.3 is 6.16 Å². The van der Waals surface area contributed by atoms with Crippen LogP contribution >= 0.6 is 0 Å². The molecule has 5 heteroatoms. The van der Waals surface area contributed by atoms with E-state index >= 15 is 0 Å². The van der Waals surface area contributed by atoms with Gasteiger partial charge in [0.2, 0.25) is 0 Å². The first-order valence-corrected chi connectivity index (χ1v) is 9.90. The van der Waals surface area contributed by atoms with E-state index in [0.717, 1.165) is 27.9 Å². The molecule has 1 aliphatic rings. The fourth-order valence-corrected chi connectivity index (χ4v) is 3.94. The Morgan fingerprint density at radius 1 is 1.17 bits per heavy atom. The van der Waals surface area contributed by atoms with Crippen molar-refractivity contribution in [2.24, 2.45) is 5.92 Å². The lowest BCUT2D eigenvalue weighted by Gasteiger charge is -2.14. The summed E-state index contributed by atoms with van der Waals surface area (Å²) in [5, 5.41) is 0. The van der Waals surface area contributed by atoms with Gasteiger partial charge in [-0.15, -0.1) is 0 Å². The second-order valence-electron chi connectivity index (χ2n) is 7.88. The lowest BCUT2D eigenvalue weighted by molar-refractivity contribution is -0.116. The summed E-state index contributed by atoms with van der Waals surface area (Å²) in [6.45, 7) is 9.50. The maximum absolute atomic E-state index is 13.4. The normalized spacial score (nSPS) is 16.5. The molecule has 1 aromatic heterocycles. The van der Waals surface area contributed by atoms with Crippen molar-refractivity contribution in [1.82, 2.24) is 4.98 Å². The van der Waals surface area contributed by atoms with Crippen LogP contribution in [0.1, 0.15) is 48.2 Å². The van der Waals surface area contributed by atoms with Gasteiger partial charge in [-0.25, -0.2) is 4.79 Å². The Balaban J connectivity index is 1.99. The molecule has 1 aliphatic carbocycles. The molecule has 1 atom stereocenters. The molecule has 0 aliphatic heterocycles. The minimum absolute atomic E-state index is 0.0157. The number of rotatable bonds is 5. The number of benzene rings is 1. The van der Waals surface area contributed by atoms with Crippen LogP contribution in [0.2, 0.25) is 0 Å². The predicted octanol–water partition coefficient (Wildman–Crippen LogP) is 5.11. The van der Waals surface area contributed by atoms with Crippen LogP contribution in [-0.2, 0) is 20.7 Å². The number of ketones is 1. The van der Waals surface area contributed by atoms with Gasteiger partial charge < -0.3 is 9.47 Å². The number of carbonyl (C=O) groups excluding carboxylic acids is 2. The monoisotopic (exact) mass is 393 g/mol. The van der Waals surface area contributed by atoms with Crippen molar-refractivity contribution in [3.05, 3.63) is 70.2 Å². The van der Waals surface area contributed by atoms with Crippen molar-refractivity contribution in [3.8, 4) is 0 Å². The highest BCUT2D eigenvalue weighted by atomic mass is 16.7. The molecule has 0 N–H and O–H groups in total. The number of pyridine rings is 1. The van der Waals surface area contributed by atoms with Crippen LogP contribution in [-0.4, -0.2) is 23.0 Å². The van der Waals surface area contributed by atoms with Gasteiger partial charge in [0, 0.05) is 30.7 Å². The molecule has 3 rings (SSSR count). The molecule has 0 fully saturated rings. The average molecular weight is 393 g/mol. The van der Waals surface area contributed by atoms with Crippen molar-refractivity contribution in [1.29, 1.82) is 0 Å². The highest BCUT2D eigenvalue weighted by Gasteiger charge is 2.38. The quantitative estimate of drug-likeness (QED) is 0.660. The lowest BCUT2D eigenvalue weighted by Crippen LogP contribution is -2.14. The van der Waals surface area contributed by atoms with E-state index in [1.807, 2.05) is 51.1 Å². The highest BCUT2D eigenvalue weighted by Crippen LogP contribution is 2.40. The molecule has 0 bridgehead atoms. The summed E-state index contributed by atoms with van der Waals surface area (Å²) < 4.78 is 10.7. The van der Waals surface area contributed by atoms with Crippen LogP contribution in [0.5, 0.6) is 0 Å². The minimum Gasteiger partial charge on any atom is -0.431 e. The van der Waals surface area contributed by atoms with Crippen LogP contribution in [0.4, 0.5) is 4.79 Å². The largest absolute Gasteiger partial charge is 0.513 e. The van der Waals surface area contributed by atoms with E-state index in [1.54, 1.807) is 20.0 Å². The van der Waals surface area contributed by atoms with Gasteiger partial charge in [-0.2, -0.15) is 0 Å². The summed E-state index contributed by atoms with van der Waals surface area (Å²) in [5.74, 6) is 0.0524. The molecular formula is C24H27NO4. The zero-order valence-electron chi connectivity index (χ0n) is 17.6. The highest BCUT2D eigenvalue weighted by molar-refractivity contribution is 6.25. The third-order valence-corrected chi connectivity index (χ3v) is 4.97. The molecule has 1 heterocycles. The van der Waals surface area contributed by atoms with Gasteiger partial charge in [-0.05, 0) is 63.4 Å². The van der Waals surface area contributed by atoms with Gasteiger partial charge in [0.1, 0.15) is 5.76 Å². The summed E-state index contributed by atoms with van der Waals surface area (Å²) in [6, 6.07) is 9.74. The van der Waals surface area contributed by atoms with Crippen molar-refractivity contribution >= 4 is 17.5 Å². The second kappa shape index (κ2) is 8.60. The summed E-state index contributed by atoms with van der Waals surface area (Å²) >= 11 is 0. The molecule has 1 aromatic carbocycles. The summed E-state index contributed by atoms with van der Waals surface area (Å²) in [7, 11) is 0. The Hall–Kier alpha value is -2.95. The molecule has 0 saturated carbocycles. The Kier molecular flexibility index (Phi) is 6.16. The fourth-order valence-electron chi connectivity index (χ4n) is 3.94. The van der Waals surface area contributed by atoms with Gasteiger partial charge in [0.25, 0.3) is 0 Å².